The fourth-order valence-electron chi connectivity index (χ4n) is 3.94. The Hall–Kier alpha value is -2.68. The molecule has 0 bridgehead atoms. The molecule has 1 aromatic heterocycles. The van der Waals surface area contributed by atoms with E-state index in [1.807, 2.05) is 17.0 Å². The molecule has 2 aromatic rings. The molecule has 27 heavy (non-hydrogen) atoms. The molecule has 3 N–H and O–H groups in total. The van der Waals surface area contributed by atoms with Crippen LogP contribution in [0.25, 0.3) is 11.0 Å². The molecule has 0 unspecified atom stereocenters. The van der Waals surface area contributed by atoms with E-state index in [2.05, 4.69) is 20.5 Å². The van der Waals surface area contributed by atoms with Gasteiger partial charge in [-0.15, -0.1) is 0 Å². The van der Waals surface area contributed by atoms with E-state index in [1.54, 1.807) is 0 Å². The fourth-order valence-corrected chi connectivity index (χ4v) is 3.94. The molecule has 2 aliphatic rings. The number of nitrogens with zero attached hydrogens (tertiary/aromatic N) is 4. The number of fused-ring (bicyclic) bond motifs is 1. The molecule has 2 fully saturated rings. The molecule has 2 saturated heterocycles. The van der Waals surface area contributed by atoms with Gasteiger partial charge in [0.1, 0.15) is 0 Å². The van der Waals surface area contributed by atoms with E-state index in [-0.39, 0.29) is 24.3 Å². The number of primary amides is 1. The number of nitrogens with two attached hydrogens (primary N) is 1. The summed E-state index contributed by atoms with van der Waals surface area (Å²) in [7, 11) is 0. The Balaban J connectivity index is 1.41. The van der Waals surface area contributed by atoms with Crippen molar-refractivity contribution in [2.24, 2.45) is 11.7 Å². The summed E-state index contributed by atoms with van der Waals surface area (Å²) in [4.78, 5) is 28.0. The summed E-state index contributed by atoms with van der Waals surface area (Å²) in [5.41, 5.74) is 8.20. The number of nitrogens with one attached hydrogen (secondary N) is 1. The third-order valence-corrected chi connectivity index (χ3v) is 5.47. The number of likely N-dealkylation sites (tertiary alicyclic amines) is 1. The Morgan fingerprint density at radius 2 is 1.81 bits per heavy atom. The Bertz CT molecular complexity index is 837. The lowest BCUT2D eigenvalue weighted by atomic mass is 9.96. The molecule has 1 aromatic carbocycles. The smallest absolute Gasteiger partial charge is 0.238 e. The molecule has 0 radical (unpaired) electrons. The second-order valence-electron chi connectivity index (χ2n) is 7.29. The van der Waals surface area contributed by atoms with Crippen LogP contribution < -0.4 is 16.0 Å². The highest BCUT2D eigenvalue weighted by Gasteiger charge is 2.25. The van der Waals surface area contributed by atoms with Crippen molar-refractivity contribution in [3.05, 3.63) is 12.1 Å². The molecular formula is C18H24N6O3. The lowest BCUT2D eigenvalue weighted by Gasteiger charge is -2.29. The van der Waals surface area contributed by atoms with Gasteiger partial charge in [-0.05, 0) is 61.2 Å². The van der Waals surface area contributed by atoms with Crippen LogP contribution in [0.5, 0.6) is 0 Å². The van der Waals surface area contributed by atoms with Crippen molar-refractivity contribution in [2.75, 3.05) is 42.9 Å². The lowest BCUT2D eigenvalue weighted by Crippen LogP contribution is -2.42. The molecule has 0 saturated carbocycles. The molecule has 144 valence electrons. The predicted octanol–water partition coefficient (Wildman–Crippen LogP) is 0.959. The number of hydrogen-bond donors (Lipinski definition) is 2. The first-order valence-corrected chi connectivity index (χ1v) is 9.43. The number of amides is 2. The topological polar surface area (TPSA) is 118 Å². The van der Waals surface area contributed by atoms with Gasteiger partial charge in [-0.3, -0.25) is 14.5 Å². The summed E-state index contributed by atoms with van der Waals surface area (Å²) in [6.07, 6.45) is 3.73. The molecule has 0 atom stereocenters. The van der Waals surface area contributed by atoms with Crippen molar-refractivity contribution in [2.45, 2.75) is 25.7 Å². The SMILES string of the molecule is NC(=O)C1CCN(CC(=O)Nc2ccc(N3CCCC3)c3nonc23)CC1. The zero-order valence-corrected chi connectivity index (χ0v) is 15.2. The maximum absolute atomic E-state index is 12.5. The lowest BCUT2D eigenvalue weighted by molar-refractivity contribution is -0.123. The highest BCUT2D eigenvalue weighted by atomic mass is 16.6. The third kappa shape index (κ3) is 3.73. The molecule has 3 heterocycles. The van der Waals surface area contributed by atoms with Crippen LogP contribution in [-0.2, 0) is 9.59 Å². The summed E-state index contributed by atoms with van der Waals surface area (Å²) in [6.45, 7) is 3.64. The van der Waals surface area contributed by atoms with E-state index in [9.17, 15) is 9.59 Å². The first kappa shape index (κ1) is 17.7. The molecule has 2 amide bonds. The number of aromatic nitrogens is 2. The van der Waals surface area contributed by atoms with E-state index in [0.717, 1.165) is 31.6 Å². The second-order valence-corrected chi connectivity index (χ2v) is 7.29. The van der Waals surface area contributed by atoms with Gasteiger partial charge in [-0.2, -0.15) is 0 Å². The van der Waals surface area contributed by atoms with Crippen molar-refractivity contribution >= 4 is 34.2 Å². The van der Waals surface area contributed by atoms with E-state index in [0.29, 0.717) is 42.7 Å². The minimum atomic E-state index is -0.252. The fraction of sp³-hybridized carbons (Fsp3) is 0.556. The largest absolute Gasteiger partial charge is 0.370 e. The molecular weight excluding hydrogens is 348 g/mol. The number of rotatable bonds is 5. The van der Waals surface area contributed by atoms with Crippen LogP contribution >= 0.6 is 0 Å². The summed E-state index contributed by atoms with van der Waals surface area (Å²) in [5.74, 6) is -0.452. The summed E-state index contributed by atoms with van der Waals surface area (Å²) in [5, 5.41) is 10.9. The highest BCUT2D eigenvalue weighted by Crippen LogP contribution is 2.31. The van der Waals surface area contributed by atoms with E-state index < -0.39 is 0 Å². The van der Waals surface area contributed by atoms with Gasteiger partial charge in [0.05, 0.1) is 17.9 Å². The molecule has 4 rings (SSSR count). The Labute approximate surface area is 156 Å². The number of benzene rings is 1. The van der Waals surface area contributed by atoms with Crippen molar-refractivity contribution in [3.8, 4) is 0 Å². The van der Waals surface area contributed by atoms with Crippen LogP contribution in [0, 0.1) is 5.92 Å². The zero-order chi connectivity index (χ0) is 18.8. The minimum Gasteiger partial charge on any atom is -0.370 e. The Morgan fingerprint density at radius 1 is 1.11 bits per heavy atom. The number of carbonyl (C=O) groups is 2. The quantitative estimate of drug-likeness (QED) is 0.802. The van der Waals surface area contributed by atoms with E-state index >= 15 is 0 Å². The zero-order valence-electron chi connectivity index (χ0n) is 15.2. The van der Waals surface area contributed by atoms with Crippen LogP contribution in [0.1, 0.15) is 25.7 Å². The van der Waals surface area contributed by atoms with Gasteiger partial charge in [0.25, 0.3) is 0 Å². The van der Waals surface area contributed by atoms with Crippen LogP contribution in [0.4, 0.5) is 11.4 Å². The Kier molecular flexibility index (Phi) is 4.93. The molecule has 0 spiro atoms. The summed E-state index contributed by atoms with van der Waals surface area (Å²) >= 11 is 0. The standard InChI is InChI=1S/C18H24N6O3/c19-18(26)12-5-9-23(10-6-12)11-15(25)20-13-3-4-14(24-7-1-2-8-24)17-16(13)21-27-22-17/h3-4,12H,1-2,5-11H2,(H2,19,26)(H,20,25). The van der Waals surface area contributed by atoms with Crippen LogP contribution in [0.15, 0.2) is 16.8 Å². The second kappa shape index (κ2) is 7.51. The van der Waals surface area contributed by atoms with Crippen molar-refractivity contribution in [1.82, 2.24) is 15.2 Å². The van der Waals surface area contributed by atoms with Gasteiger partial charge in [0.2, 0.25) is 11.8 Å². The monoisotopic (exact) mass is 372 g/mol. The van der Waals surface area contributed by atoms with Crippen molar-refractivity contribution < 1.29 is 14.2 Å². The van der Waals surface area contributed by atoms with Gasteiger partial charge in [0, 0.05) is 19.0 Å². The molecule has 0 aliphatic carbocycles. The van der Waals surface area contributed by atoms with E-state index in [4.69, 9.17) is 10.4 Å². The maximum atomic E-state index is 12.5. The number of hydrogen-bond acceptors (Lipinski definition) is 7. The van der Waals surface area contributed by atoms with Gasteiger partial charge in [-0.1, -0.05) is 0 Å². The van der Waals surface area contributed by atoms with Gasteiger partial charge < -0.3 is 16.0 Å². The number of carbonyl (C=O) groups excluding carboxylic acids is 2. The highest BCUT2D eigenvalue weighted by molar-refractivity contribution is 6.03. The van der Waals surface area contributed by atoms with Gasteiger partial charge in [-0.25, -0.2) is 4.63 Å². The number of anilines is 2. The third-order valence-electron chi connectivity index (χ3n) is 5.47. The number of piperidine rings is 1. The summed E-state index contributed by atoms with van der Waals surface area (Å²) < 4.78 is 4.94. The molecule has 9 nitrogen and oxygen atoms in total. The van der Waals surface area contributed by atoms with Crippen LogP contribution in [0.2, 0.25) is 0 Å². The van der Waals surface area contributed by atoms with Crippen molar-refractivity contribution in [3.63, 3.8) is 0 Å². The Morgan fingerprint density at radius 3 is 2.52 bits per heavy atom. The van der Waals surface area contributed by atoms with Crippen molar-refractivity contribution in [1.29, 1.82) is 0 Å². The average Bonchev–Trinajstić information content (AvgIpc) is 3.34. The minimum absolute atomic E-state index is 0.0803. The molecule has 9 heteroatoms. The first-order chi connectivity index (χ1) is 13.1. The van der Waals surface area contributed by atoms with Gasteiger partial charge >= 0.3 is 0 Å². The molecule has 2 aliphatic heterocycles. The normalized spacial score (nSPS) is 18.9. The summed E-state index contributed by atoms with van der Waals surface area (Å²) in [6, 6.07) is 3.82. The van der Waals surface area contributed by atoms with Gasteiger partial charge in [0.15, 0.2) is 11.0 Å². The van der Waals surface area contributed by atoms with Crippen LogP contribution in [-0.4, -0.2) is 59.8 Å². The maximum Gasteiger partial charge on any atom is 0.238 e. The predicted molar refractivity (Wildman–Crippen MR) is 100 cm³/mol. The average molecular weight is 372 g/mol. The van der Waals surface area contributed by atoms with Crippen LogP contribution in [0.3, 0.4) is 0 Å². The van der Waals surface area contributed by atoms with E-state index in [1.165, 1.54) is 0 Å². The first-order valence-electron chi connectivity index (χ1n) is 9.43.